The molecule has 0 aromatic heterocycles. The molecule has 2 N–H and O–H groups in total. The second-order valence-electron chi connectivity index (χ2n) is 7.77. The van der Waals surface area contributed by atoms with Gasteiger partial charge in [-0.1, -0.05) is 13.3 Å². The first-order valence-corrected chi connectivity index (χ1v) is 12.9. The van der Waals surface area contributed by atoms with Crippen LogP contribution in [0.25, 0.3) is 0 Å². The standard InChI is InChI=1S/C26H46N2O8/c1-3-4-9-28-25-7-5-24(6-8-25)26(29)36-23-22-35-21-20-34-19-18-33-17-16-32-15-14-31-13-12-30-11-10-27-2/h5-8,27-28H,3-4,9-23H2,1-2H3. The fraction of sp³-hybridized carbons (Fsp3) is 0.731. The number of likely N-dealkylation sites (N-methyl/N-ethyl adjacent to an activating group) is 1. The molecule has 0 saturated heterocycles. The van der Waals surface area contributed by atoms with Crippen LogP contribution >= 0.6 is 0 Å². The Kier molecular flexibility index (Phi) is 22.3. The van der Waals surface area contributed by atoms with E-state index < -0.39 is 0 Å². The van der Waals surface area contributed by atoms with Crippen molar-refractivity contribution in [2.24, 2.45) is 0 Å². The second kappa shape index (κ2) is 24.9. The van der Waals surface area contributed by atoms with Crippen LogP contribution in [0.2, 0.25) is 0 Å². The molecule has 36 heavy (non-hydrogen) atoms. The van der Waals surface area contributed by atoms with Crippen LogP contribution in [-0.2, 0) is 33.2 Å². The predicted molar refractivity (Wildman–Crippen MR) is 139 cm³/mol. The van der Waals surface area contributed by atoms with Gasteiger partial charge in [0.1, 0.15) is 6.61 Å². The van der Waals surface area contributed by atoms with Crippen molar-refractivity contribution in [1.82, 2.24) is 5.32 Å². The van der Waals surface area contributed by atoms with Gasteiger partial charge in [-0.15, -0.1) is 0 Å². The number of carbonyl (C=O) groups excluding carboxylic acids is 1. The van der Waals surface area contributed by atoms with Gasteiger partial charge in [-0.05, 0) is 37.7 Å². The Labute approximate surface area is 216 Å². The number of esters is 1. The largest absolute Gasteiger partial charge is 0.460 e. The molecular weight excluding hydrogens is 468 g/mol. The molecule has 0 bridgehead atoms. The van der Waals surface area contributed by atoms with E-state index in [1.165, 1.54) is 0 Å². The normalized spacial score (nSPS) is 11.1. The molecule has 0 radical (unpaired) electrons. The molecule has 208 valence electrons. The van der Waals surface area contributed by atoms with E-state index >= 15 is 0 Å². The van der Waals surface area contributed by atoms with Crippen molar-refractivity contribution in [1.29, 1.82) is 0 Å². The number of ether oxygens (including phenoxy) is 7. The van der Waals surface area contributed by atoms with Gasteiger partial charge in [0, 0.05) is 18.8 Å². The number of hydrogen-bond donors (Lipinski definition) is 2. The Morgan fingerprint density at radius 3 is 1.53 bits per heavy atom. The number of carbonyl (C=O) groups is 1. The van der Waals surface area contributed by atoms with Gasteiger partial charge < -0.3 is 43.8 Å². The van der Waals surface area contributed by atoms with Crippen LogP contribution in [0.5, 0.6) is 0 Å². The highest BCUT2D eigenvalue weighted by atomic mass is 16.6. The third kappa shape index (κ3) is 19.4. The summed E-state index contributed by atoms with van der Waals surface area (Å²) in [5.41, 5.74) is 1.53. The number of hydrogen-bond acceptors (Lipinski definition) is 10. The van der Waals surface area contributed by atoms with Crippen LogP contribution in [0.15, 0.2) is 24.3 Å². The van der Waals surface area contributed by atoms with Crippen LogP contribution < -0.4 is 10.6 Å². The molecule has 0 atom stereocenters. The highest BCUT2D eigenvalue weighted by Crippen LogP contribution is 2.10. The van der Waals surface area contributed by atoms with E-state index in [9.17, 15) is 4.79 Å². The van der Waals surface area contributed by atoms with Crippen LogP contribution in [0.1, 0.15) is 30.1 Å². The molecule has 0 spiro atoms. The molecule has 0 heterocycles. The number of unbranched alkanes of at least 4 members (excludes halogenated alkanes) is 1. The molecule has 10 heteroatoms. The molecule has 10 nitrogen and oxygen atoms in total. The van der Waals surface area contributed by atoms with Gasteiger partial charge in [-0.25, -0.2) is 4.79 Å². The summed E-state index contributed by atoms with van der Waals surface area (Å²) in [6.45, 7) is 10.3. The minimum Gasteiger partial charge on any atom is -0.460 e. The highest BCUT2D eigenvalue weighted by Gasteiger charge is 2.06. The highest BCUT2D eigenvalue weighted by molar-refractivity contribution is 5.89. The smallest absolute Gasteiger partial charge is 0.338 e. The fourth-order valence-corrected chi connectivity index (χ4v) is 2.79. The van der Waals surface area contributed by atoms with Crippen molar-refractivity contribution in [3.05, 3.63) is 29.8 Å². The summed E-state index contributed by atoms with van der Waals surface area (Å²) in [5.74, 6) is -0.353. The van der Waals surface area contributed by atoms with E-state index in [0.29, 0.717) is 84.8 Å². The van der Waals surface area contributed by atoms with E-state index in [-0.39, 0.29) is 12.6 Å². The molecule has 0 unspecified atom stereocenters. The third-order valence-corrected chi connectivity index (χ3v) is 4.80. The first-order chi connectivity index (χ1) is 17.8. The zero-order chi connectivity index (χ0) is 25.9. The van der Waals surface area contributed by atoms with Crippen LogP contribution in [0.4, 0.5) is 5.69 Å². The Bertz CT molecular complexity index is 618. The van der Waals surface area contributed by atoms with E-state index in [1.54, 1.807) is 12.1 Å². The van der Waals surface area contributed by atoms with Crippen molar-refractivity contribution in [3.63, 3.8) is 0 Å². The van der Waals surface area contributed by atoms with Gasteiger partial charge in [0.05, 0.1) is 84.8 Å². The Morgan fingerprint density at radius 2 is 1.08 bits per heavy atom. The second-order valence-corrected chi connectivity index (χ2v) is 7.77. The monoisotopic (exact) mass is 514 g/mol. The van der Waals surface area contributed by atoms with Crippen molar-refractivity contribution < 1.29 is 38.0 Å². The average Bonchev–Trinajstić information content (AvgIpc) is 2.90. The maximum Gasteiger partial charge on any atom is 0.338 e. The maximum absolute atomic E-state index is 12.1. The van der Waals surface area contributed by atoms with Crippen LogP contribution in [0, 0.1) is 0 Å². The van der Waals surface area contributed by atoms with Crippen LogP contribution in [0.3, 0.4) is 0 Å². The molecule has 0 aliphatic heterocycles. The first-order valence-electron chi connectivity index (χ1n) is 12.9. The van der Waals surface area contributed by atoms with Gasteiger partial charge >= 0.3 is 5.97 Å². The van der Waals surface area contributed by atoms with Gasteiger partial charge in [-0.2, -0.15) is 0 Å². The molecule has 0 aliphatic carbocycles. The summed E-state index contributed by atoms with van der Waals surface area (Å²) in [4.78, 5) is 12.1. The van der Waals surface area contributed by atoms with Crippen molar-refractivity contribution in [2.45, 2.75) is 19.8 Å². The van der Waals surface area contributed by atoms with E-state index in [1.807, 2.05) is 19.2 Å². The maximum atomic E-state index is 12.1. The molecule has 1 aromatic rings. The quantitative estimate of drug-likeness (QED) is 0.141. The zero-order valence-electron chi connectivity index (χ0n) is 22.1. The predicted octanol–water partition coefficient (Wildman–Crippen LogP) is 2.37. The molecular formula is C26H46N2O8. The molecule has 0 amide bonds. The van der Waals surface area contributed by atoms with E-state index in [4.69, 9.17) is 33.2 Å². The SMILES string of the molecule is CCCCNc1ccc(C(=O)OCCOCCOCCOCCOCCOCCOCCNC)cc1. The number of nitrogens with one attached hydrogen (secondary N) is 2. The lowest BCUT2D eigenvalue weighted by atomic mass is 10.2. The summed E-state index contributed by atoms with van der Waals surface area (Å²) in [7, 11) is 1.89. The van der Waals surface area contributed by atoms with Gasteiger partial charge in [0.2, 0.25) is 0 Å². The summed E-state index contributed by atoms with van der Waals surface area (Å²) in [6.07, 6.45) is 2.26. The van der Waals surface area contributed by atoms with Gasteiger partial charge in [0.15, 0.2) is 0 Å². The Morgan fingerprint density at radius 1 is 0.639 bits per heavy atom. The first kappa shape index (κ1) is 32.2. The molecule has 0 saturated carbocycles. The number of benzene rings is 1. The number of rotatable bonds is 26. The Hall–Kier alpha value is -1.79. The molecule has 0 fully saturated rings. The average molecular weight is 515 g/mol. The lowest BCUT2D eigenvalue weighted by Crippen LogP contribution is -2.17. The number of anilines is 1. The topological polar surface area (TPSA) is 106 Å². The summed E-state index contributed by atoms with van der Waals surface area (Å²) >= 11 is 0. The summed E-state index contributed by atoms with van der Waals surface area (Å²) in [5, 5.41) is 6.33. The summed E-state index contributed by atoms with van der Waals surface area (Å²) in [6, 6.07) is 7.30. The van der Waals surface area contributed by atoms with Crippen molar-refractivity contribution in [3.8, 4) is 0 Å². The van der Waals surface area contributed by atoms with Gasteiger partial charge in [-0.3, -0.25) is 0 Å². The fourth-order valence-electron chi connectivity index (χ4n) is 2.79. The molecule has 0 aliphatic rings. The lowest BCUT2D eigenvalue weighted by molar-refractivity contribution is -0.0192. The molecule has 1 aromatic carbocycles. The minimum atomic E-state index is -0.353. The minimum absolute atomic E-state index is 0.202. The molecule has 1 rings (SSSR count). The van der Waals surface area contributed by atoms with E-state index in [0.717, 1.165) is 31.6 Å². The van der Waals surface area contributed by atoms with Crippen molar-refractivity contribution in [2.75, 3.05) is 111 Å². The van der Waals surface area contributed by atoms with E-state index in [2.05, 4.69) is 17.6 Å². The van der Waals surface area contributed by atoms with Crippen molar-refractivity contribution >= 4 is 11.7 Å². The third-order valence-electron chi connectivity index (χ3n) is 4.80. The zero-order valence-corrected chi connectivity index (χ0v) is 22.1. The van der Waals surface area contributed by atoms with Gasteiger partial charge in [0.25, 0.3) is 0 Å². The van der Waals surface area contributed by atoms with Crippen LogP contribution in [-0.4, -0.2) is 112 Å². The summed E-state index contributed by atoms with van der Waals surface area (Å²) < 4.78 is 37.7. The Balaban J connectivity index is 1.80. The lowest BCUT2D eigenvalue weighted by Gasteiger charge is -2.09.